The highest BCUT2D eigenvalue weighted by Gasteiger charge is 2.41. The average molecular weight is 306 g/mol. The van der Waals surface area contributed by atoms with E-state index in [4.69, 9.17) is 0 Å². The van der Waals surface area contributed by atoms with Gasteiger partial charge in [0.25, 0.3) is 0 Å². The summed E-state index contributed by atoms with van der Waals surface area (Å²) in [5.74, 6) is 0.748. The SMILES string of the molecule is CC1CC1C(NS(=O)(=O)Cc1ccon1)c1ccccc1. The molecule has 1 aromatic carbocycles. The van der Waals surface area contributed by atoms with Crippen molar-refractivity contribution in [2.75, 3.05) is 0 Å². The minimum atomic E-state index is -3.45. The van der Waals surface area contributed by atoms with Crippen LogP contribution in [0.1, 0.15) is 30.6 Å². The Morgan fingerprint density at radius 3 is 2.62 bits per heavy atom. The lowest BCUT2D eigenvalue weighted by molar-refractivity contribution is 0.413. The Morgan fingerprint density at radius 2 is 2.05 bits per heavy atom. The molecule has 21 heavy (non-hydrogen) atoms. The van der Waals surface area contributed by atoms with Crippen LogP contribution < -0.4 is 4.72 Å². The van der Waals surface area contributed by atoms with Crippen LogP contribution in [-0.4, -0.2) is 13.6 Å². The molecule has 3 unspecified atom stereocenters. The number of rotatable bonds is 6. The van der Waals surface area contributed by atoms with Crippen molar-refractivity contribution in [2.45, 2.75) is 25.1 Å². The van der Waals surface area contributed by atoms with Crippen LogP contribution in [0.25, 0.3) is 0 Å². The summed E-state index contributed by atoms with van der Waals surface area (Å²) in [6.07, 6.45) is 2.43. The summed E-state index contributed by atoms with van der Waals surface area (Å²) in [5.41, 5.74) is 1.42. The maximum atomic E-state index is 12.3. The summed E-state index contributed by atoms with van der Waals surface area (Å²) < 4.78 is 32.2. The summed E-state index contributed by atoms with van der Waals surface area (Å²) in [4.78, 5) is 0. The van der Waals surface area contributed by atoms with Crippen molar-refractivity contribution in [3.05, 3.63) is 53.9 Å². The summed E-state index contributed by atoms with van der Waals surface area (Å²) >= 11 is 0. The van der Waals surface area contributed by atoms with Gasteiger partial charge in [-0.2, -0.15) is 0 Å². The van der Waals surface area contributed by atoms with Gasteiger partial charge in [0.1, 0.15) is 12.0 Å². The molecular formula is C15H18N2O3S. The molecule has 0 bridgehead atoms. The molecule has 0 radical (unpaired) electrons. The van der Waals surface area contributed by atoms with Gasteiger partial charge in [-0.1, -0.05) is 42.4 Å². The first-order valence-electron chi connectivity index (χ1n) is 6.99. The largest absolute Gasteiger partial charge is 0.364 e. The summed E-state index contributed by atoms with van der Waals surface area (Å²) in [6.45, 7) is 2.15. The van der Waals surface area contributed by atoms with Crippen LogP contribution in [0.4, 0.5) is 0 Å². The zero-order valence-corrected chi connectivity index (χ0v) is 12.6. The molecule has 0 amide bonds. The second-order valence-electron chi connectivity index (χ2n) is 5.63. The van der Waals surface area contributed by atoms with E-state index in [1.807, 2.05) is 30.3 Å². The molecule has 0 spiro atoms. The van der Waals surface area contributed by atoms with Gasteiger partial charge in [0.2, 0.25) is 10.0 Å². The molecule has 1 saturated carbocycles. The minimum Gasteiger partial charge on any atom is -0.364 e. The molecule has 5 nitrogen and oxygen atoms in total. The fraction of sp³-hybridized carbons (Fsp3) is 0.400. The van der Waals surface area contributed by atoms with Crippen molar-refractivity contribution in [2.24, 2.45) is 11.8 Å². The molecular weight excluding hydrogens is 288 g/mol. The quantitative estimate of drug-likeness (QED) is 0.890. The first kappa shape index (κ1) is 14.3. The maximum absolute atomic E-state index is 12.3. The van der Waals surface area contributed by atoms with E-state index in [2.05, 4.69) is 21.3 Å². The lowest BCUT2D eigenvalue weighted by Crippen LogP contribution is -2.31. The fourth-order valence-electron chi connectivity index (χ4n) is 2.62. The summed E-state index contributed by atoms with van der Waals surface area (Å²) in [6, 6.07) is 11.1. The van der Waals surface area contributed by atoms with E-state index in [0.29, 0.717) is 17.5 Å². The Labute approximate surface area is 124 Å². The first-order chi connectivity index (χ1) is 10.1. The second kappa shape index (κ2) is 5.61. The maximum Gasteiger partial charge on any atom is 0.218 e. The number of nitrogens with one attached hydrogen (secondary N) is 1. The van der Waals surface area contributed by atoms with Gasteiger partial charge in [0.15, 0.2) is 0 Å². The van der Waals surface area contributed by atoms with Gasteiger partial charge >= 0.3 is 0 Å². The smallest absolute Gasteiger partial charge is 0.218 e. The molecule has 3 rings (SSSR count). The highest BCUT2D eigenvalue weighted by molar-refractivity contribution is 7.88. The highest BCUT2D eigenvalue weighted by Crippen LogP contribution is 2.47. The monoisotopic (exact) mass is 306 g/mol. The number of hydrogen-bond acceptors (Lipinski definition) is 4. The molecule has 2 aromatic rings. The zero-order chi connectivity index (χ0) is 14.9. The van der Waals surface area contributed by atoms with Crippen molar-refractivity contribution in [1.82, 2.24) is 9.88 Å². The summed E-state index contributed by atoms with van der Waals surface area (Å²) in [5, 5.41) is 3.66. The van der Waals surface area contributed by atoms with Crippen LogP contribution in [0.5, 0.6) is 0 Å². The Hall–Kier alpha value is -1.66. The standard InChI is InChI=1S/C15H18N2O3S/c1-11-9-14(11)15(12-5-3-2-4-6-12)17-21(18,19)10-13-7-8-20-16-13/h2-8,11,14-15,17H,9-10H2,1H3. The zero-order valence-electron chi connectivity index (χ0n) is 11.8. The van der Waals surface area contributed by atoms with Crippen LogP contribution >= 0.6 is 0 Å². The number of sulfonamides is 1. The Balaban J connectivity index is 1.78. The molecule has 1 aliphatic rings. The van der Waals surface area contributed by atoms with Crippen LogP contribution in [0.2, 0.25) is 0 Å². The molecule has 1 N–H and O–H groups in total. The van der Waals surface area contributed by atoms with Crippen LogP contribution in [0.3, 0.4) is 0 Å². The van der Waals surface area contributed by atoms with Gasteiger partial charge < -0.3 is 4.52 Å². The average Bonchev–Trinajstić information content (AvgIpc) is 2.96. The number of hydrogen-bond donors (Lipinski definition) is 1. The van der Waals surface area contributed by atoms with E-state index in [1.54, 1.807) is 6.07 Å². The Kier molecular flexibility index (Phi) is 3.82. The second-order valence-corrected chi connectivity index (χ2v) is 7.39. The molecule has 1 aliphatic carbocycles. The molecule has 1 aromatic heterocycles. The predicted octanol–water partition coefficient (Wildman–Crippen LogP) is 2.49. The fourth-order valence-corrected chi connectivity index (χ4v) is 3.94. The molecule has 1 fully saturated rings. The highest BCUT2D eigenvalue weighted by atomic mass is 32.2. The lowest BCUT2D eigenvalue weighted by Gasteiger charge is -2.19. The van der Waals surface area contributed by atoms with Crippen LogP contribution in [0.15, 0.2) is 47.2 Å². The van der Waals surface area contributed by atoms with Crippen molar-refractivity contribution < 1.29 is 12.9 Å². The van der Waals surface area contributed by atoms with Gasteiger partial charge in [0, 0.05) is 12.1 Å². The Bertz CT molecular complexity index is 683. The third kappa shape index (κ3) is 3.51. The number of aromatic nitrogens is 1. The third-order valence-electron chi connectivity index (χ3n) is 3.89. The van der Waals surface area contributed by atoms with Gasteiger partial charge in [-0.3, -0.25) is 0 Å². The van der Waals surface area contributed by atoms with E-state index in [1.165, 1.54) is 6.26 Å². The van der Waals surface area contributed by atoms with Crippen molar-refractivity contribution in [3.8, 4) is 0 Å². The lowest BCUT2D eigenvalue weighted by atomic mass is 10.0. The summed E-state index contributed by atoms with van der Waals surface area (Å²) in [7, 11) is -3.45. The molecule has 6 heteroatoms. The van der Waals surface area contributed by atoms with Gasteiger partial charge in [-0.25, -0.2) is 13.1 Å². The third-order valence-corrected chi connectivity index (χ3v) is 5.18. The van der Waals surface area contributed by atoms with Gasteiger partial charge in [-0.05, 0) is 23.8 Å². The van der Waals surface area contributed by atoms with E-state index in [9.17, 15) is 8.42 Å². The van der Waals surface area contributed by atoms with E-state index in [0.717, 1.165) is 12.0 Å². The van der Waals surface area contributed by atoms with Crippen molar-refractivity contribution >= 4 is 10.0 Å². The molecule has 1 heterocycles. The van der Waals surface area contributed by atoms with Crippen molar-refractivity contribution in [1.29, 1.82) is 0 Å². The van der Waals surface area contributed by atoms with Gasteiger partial charge in [-0.15, -0.1) is 0 Å². The molecule has 0 aliphatic heterocycles. The topological polar surface area (TPSA) is 72.2 Å². The number of benzene rings is 1. The molecule has 0 saturated heterocycles. The van der Waals surface area contributed by atoms with Crippen LogP contribution in [0, 0.1) is 11.8 Å². The molecule has 112 valence electrons. The number of nitrogens with zero attached hydrogens (tertiary/aromatic N) is 1. The predicted molar refractivity (Wildman–Crippen MR) is 78.7 cm³/mol. The minimum absolute atomic E-state index is 0.159. The normalized spacial score (nSPS) is 22.9. The Morgan fingerprint density at radius 1 is 1.33 bits per heavy atom. The van der Waals surface area contributed by atoms with E-state index >= 15 is 0 Å². The first-order valence-corrected chi connectivity index (χ1v) is 8.64. The molecule has 3 atom stereocenters. The van der Waals surface area contributed by atoms with E-state index in [-0.39, 0.29) is 11.8 Å². The van der Waals surface area contributed by atoms with Crippen molar-refractivity contribution in [3.63, 3.8) is 0 Å². The van der Waals surface area contributed by atoms with Gasteiger partial charge in [0.05, 0.1) is 5.69 Å². The van der Waals surface area contributed by atoms with E-state index < -0.39 is 10.0 Å². The van der Waals surface area contributed by atoms with Crippen LogP contribution in [-0.2, 0) is 15.8 Å².